The van der Waals surface area contributed by atoms with Gasteiger partial charge in [0, 0.05) is 18.2 Å². The van der Waals surface area contributed by atoms with Crippen LogP contribution in [0.5, 0.6) is 0 Å². The molecule has 90 valence electrons. The monoisotopic (exact) mass is 307 g/mol. The molecule has 0 aliphatic rings. The minimum atomic E-state index is -3.31. The molecule has 4 nitrogen and oxygen atoms in total. The van der Waals surface area contributed by atoms with Crippen LogP contribution < -0.4 is 5.73 Å². The third-order valence-corrected chi connectivity index (χ3v) is 4.43. The van der Waals surface area contributed by atoms with Gasteiger partial charge in [0.1, 0.15) is 0 Å². The van der Waals surface area contributed by atoms with Gasteiger partial charge in [-0.1, -0.05) is 15.9 Å². The van der Waals surface area contributed by atoms with Gasteiger partial charge in [-0.2, -0.15) is 0 Å². The van der Waals surface area contributed by atoms with E-state index in [1.165, 1.54) is 6.07 Å². The van der Waals surface area contributed by atoms with E-state index in [-0.39, 0.29) is 16.3 Å². The van der Waals surface area contributed by atoms with E-state index >= 15 is 0 Å². The highest BCUT2D eigenvalue weighted by atomic mass is 79.9. The summed E-state index contributed by atoms with van der Waals surface area (Å²) in [4.78, 5) is 0.187. The number of sulfone groups is 1. The number of methoxy groups -OCH3 is 1. The first kappa shape index (κ1) is 13.5. The summed E-state index contributed by atoms with van der Waals surface area (Å²) in [5, 5.41) is 0. The lowest BCUT2D eigenvalue weighted by Crippen LogP contribution is -2.11. The standard InChI is InChI=1S/C10H14BrNO3S/c1-15-5-2-6-16(13,14)10-4-3-8(11)7-9(10)12/h3-4,7H,2,5-6,12H2,1H3. The average Bonchev–Trinajstić information content (AvgIpc) is 2.17. The maximum Gasteiger partial charge on any atom is 0.180 e. The van der Waals surface area contributed by atoms with Gasteiger partial charge in [-0.25, -0.2) is 8.42 Å². The highest BCUT2D eigenvalue weighted by molar-refractivity contribution is 9.10. The minimum Gasteiger partial charge on any atom is -0.398 e. The molecule has 0 aliphatic heterocycles. The molecule has 16 heavy (non-hydrogen) atoms. The fraction of sp³-hybridized carbons (Fsp3) is 0.400. The topological polar surface area (TPSA) is 69.4 Å². The average molecular weight is 308 g/mol. The van der Waals surface area contributed by atoms with Gasteiger partial charge in [-0.05, 0) is 24.6 Å². The summed E-state index contributed by atoms with van der Waals surface area (Å²) >= 11 is 3.23. The molecule has 0 radical (unpaired) electrons. The molecule has 0 heterocycles. The summed E-state index contributed by atoms with van der Waals surface area (Å²) in [6, 6.07) is 4.77. The normalized spacial score (nSPS) is 11.6. The Hall–Kier alpha value is -0.590. The Labute approximate surface area is 104 Å². The number of hydrogen-bond acceptors (Lipinski definition) is 4. The molecular weight excluding hydrogens is 294 g/mol. The van der Waals surface area contributed by atoms with Crippen LogP contribution in [0, 0.1) is 0 Å². The van der Waals surface area contributed by atoms with Crippen LogP contribution in [-0.4, -0.2) is 27.9 Å². The number of rotatable bonds is 5. The van der Waals surface area contributed by atoms with E-state index in [2.05, 4.69) is 15.9 Å². The minimum absolute atomic E-state index is 0.0483. The zero-order valence-corrected chi connectivity index (χ0v) is 11.3. The zero-order chi connectivity index (χ0) is 12.2. The first-order chi connectivity index (χ1) is 7.47. The molecule has 2 N–H and O–H groups in total. The van der Waals surface area contributed by atoms with Crippen LogP contribution in [0.15, 0.2) is 27.6 Å². The van der Waals surface area contributed by atoms with Crippen molar-refractivity contribution < 1.29 is 13.2 Å². The van der Waals surface area contributed by atoms with Crippen LogP contribution in [0.3, 0.4) is 0 Å². The molecule has 0 amide bonds. The molecule has 0 aromatic heterocycles. The van der Waals surface area contributed by atoms with E-state index < -0.39 is 9.84 Å². The Bertz CT molecular complexity index is 459. The molecule has 0 aliphatic carbocycles. The van der Waals surface area contributed by atoms with Crippen LogP contribution in [-0.2, 0) is 14.6 Å². The van der Waals surface area contributed by atoms with Crippen molar-refractivity contribution in [1.82, 2.24) is 0 Å². The van der Waals surface area contributed by atoms with Gasteiger partial charge in [0.15, 0.2) is 9.84 Å². The molecular formula is C10H14BrNO3S. The molecule has 0 saturated heterocycles. The second kappa shape index (κ2) is 5.65. The van der Waals surface area contributed by atoms with Crippen LogP contribution in [0.1, 0.15) is 6.42 Å². The van der Waals surface area contributed by atoms with Gasteiger partial charge in [0.2, 0.25) is 0 Å². The molecule has 1 aromatic rings. The largest absolute Gasteiger partial charge is 0.398 e. The Kier molecular flexibility index (Phi) is 4.76. The van der Waals surface area contributed by atoms with Crippen molar-refractivity contribution in [1.29, 1.82) is 0 Å². The molecule has 6 heteroatoms. The fourth-order valence-electron chi connectivity index (χ4n) is 1.31. The second-order valence-corrected chi connectivity index (χ2v) is 6.34. The Balaban J connectivity index is 2.90. The first-order valence-electron chi connectivity index (χ1n) is 4.74. The lowest BCUT2D eigenvalue weighted by Gasteiger charge is -2.07. The molecule has 0 atom stereocenters. The predicted octanol–water partition coefficient (Wildman–Crippen LogP) is 1.84. The van der Waals surface area contributed by atoms with E-state index in [0.29, 0.717) is 13.0 Å². The number of anilines is 1. The van der Waals surface area contributed by atoms with E-state index in [4.69, 9.17) is 10.5 Å². The lowest BCUT2D eigenvalue weighted by atomic mass is 10.3. The Morgan fingerprint density at radius 2 is 2.12 bits per heavy atom. The van der Waals surface area contributed by atoms with E-state index in [0.717, 1.165) is 4.47 Å². The predicted molar refractivity (Wildman–Crippen MR) is 67.1 cm³/mol. The maximum absolute atomic E-state index is 11.9. The number of halogens is 1. The molecule has 0 unspecified atom stereocenters. The Morgan fingerprint density at radius 1 is 1.44 bits per heavy atom. The maximum atomic E-state index is 11.9. The number of nitrogen functional groups attached to an aromatic ring is 1. The van der Waals surface area contributed by atoms with E-state index in [1.807, 2.05) is 0 Å². The fourth-order valence-corrected chi connectivity index (χ4v) is 3.10. The number of hydrogen-bond donors (Lipinski definition) is 1. The summed E-state index contributed by atoms with van der Waals surface area (Å²) < 4.78 is 29.4. The van der Waals surface area contributed by atoms with Crippen LogP contribution in [0.25, 0.3) is 0 Å². The van der Waals surface area contributed by atoms with E-state index in [1.54, 1.807) is 19.2 Å². The van der Waals surface area contributed by atoms with Crippen molar-refractivity contribution in [2.24, 2.45) is 0 Å². The zero-order valence-electron chi connectivity index (χ0n) is 8.94. The summed E-state index contributed by atoms with van der Waals surface area (Å²) in [6.07, 6.45) is 0.467. The van der Waals surface area contributed by atoms with Gasteiger partial charge in [-0.3, -0.25) is 0 Å². The third-order valence-electron chi connectivity index (χ3n) is 2.07. The number of benzene rings is 1. The van der Waals surface area contributed by atoms with Crippen LogP contribution >= 0.6 is 15.9 Å². The van der Waals surface area contributed by atoms with Gasteiger partial charge in [0.25, 0.3) is 0 Å². The SMILES string of the molecule is COCCCS(=O)(=O)c1ccc(Br)cc1N. The highest BCUT2D eigenvalue weighted by Crippen LogP contribution is 2.24. The summed E-state index contributed by atoms with van der Waals surface area (Å²) in [7, 11) is -1.76. The van der Waals surface area contributed by atoms with Gasteiger partial charge in [0.05, 0.1) is 16.3 Å². The van der Waals surface area contributed by atoms with Crippen LogP contribution in [0.2, 0.25) is 0 Å². The lowest BCUT2D eigenvalue weighted by molar-refractivity contribution is 0.199. The van der Waals surface area contributed by atoms with Gasteiger partial charge >= 0.3 is 0 Å². The van der Waals surface area contributed by atoms with E-state index in [9.17, 15) is 8.42 Å². The summed E-state index contributed by atoms with van der Waals surface area (Å²) in [5.74, 6) is 0.0483. The summed E-state index contributed by atoms with van der Waals surface area (Å²) in [5.41, 5.74) is 5.94. The number of ether oxygens (including phenoxy) is 1. The molecule has 0 fully saturated rings. The van der Waals surface area contributed by atoms with Crippen molar-refractivity contribution in [2.45, 2.75) is 11.3 Å². The Morgan fingerprint density at radius 3 is 2.69 bits per heavy atom. The molecule has 0 spiro atoms. The number of nitrogens with two attached hydrogens (primary N) is 1. The molecule has 1 aromatic carbocycles. The second-order valence-electron chi connectivity index (χ2n) is 3.35. The quantitative estimate of drug-likeness (QED) is 0.665. The smallest absolute Gasteiger partial charge is 0.180 e. The molecule has 0 bridgehead atoms. The van der Waals surface area contributed by atoms with Crippen molar-refractivity contribution in [3.05, 3.63) is 22.7 Å². The van der Waals surface area contributed by atoms with Crippen molar-refractivity contribution in [2.75, 3.05) is 25.2 Å². The van der Waals surface area contributed by atoms with Crippen molar-refractivity contribution in [3.63, 3.8) is 0 Å². The highest BCUT2D eigenvalue weighted by Gasteiger charge is 2.17. The van der Waals surface area contributed by atoms with Gasteiger partial charge < -0.3 is 10.5 Å². The van der Waals surface area contributed by atoms with Crippen LogP contribution in [0.4, 0.5) is 5.69 Å². The van der Waals surface area contributed by atoms with Crippen molar-refractivity contribution >= 4 is 31.5 Å². The van der Waals surface area contributed by atoms with Crippen molar-refractivity contribution in [3.8, 4) is 0 Å². The molecule has 1 rings (SSSR count). The first-order valence-corrected chi connectivity index (χ1v) is 7.18. The molecule has 0 saturated carbocycles. The summed E-state index contributed by atoms with van der Waals surface area (Å²) in [6.45, 7) is 0.426. The third kappa shape index (κ3) is 3.47. The van der Waals surface area contributed by atoms with Gasteiger partial charge in [-0.15, -0.1) is 0 Å².